The van der Waals surface area contributed by atoms with E-state index in [0.29, 0.717) is 5.56 Å². The molecule has 2 fully saturated rings. The smallest absolute Gasteiger partial charge is 0.338 e. The molecular formula is C28H34Cl3NO7Si. The number of ether oxygens (including phenoxy) is 5. The molecule has 0 radical (unpaired) electrons. The van der Waals surface area contributed by atoms with Crippen LogP contribution in [0.15, 0.2) is 60.7 Å². The van der Waals surface area contributed by atoms with Crippen LogP contribution >= 0.6 is 34.8 Å². The number of alkyl halides is 3. The van der Waals surface area contributed by atoms with Crippen molar-refractivity contribution in [3.63, 3.8) is 0 Å². The fraction of sp³-hybridized carbons (Fsp3) is 0.500. The number of benzene rings is 2. The van der Waals surface area contributed by atoms with Gasteiger partial charge in [-0.15, -0.1) is 0 Å². The molecule has 4 rings (SSSR count). The molecular weight excluding hydrogens is 597 g/mol. The summed E-state index contributed by atoms with van der Waals surface area (Å²) in [5.74, 6) is -1.32. The van der Waals surface area contributed by atoms with Crippen LogP contribution < -0.4 is 0 Å². The molecule has 2 aromatic carbocycles. The first-order valence-electron chi connectivity index (χ1n) is 12.9. The molecule has 0 spiro atoms. The van der Waals surface area contributed by atoms with Crippen LogP contribution in [0.3, 0.4) is 0 Å². The van der Waals surface area contributed by atoms with Crippen molar-refractivity contribution >= 4 is 55.0 Å². The zero-order chi connectivity index (χ0) is 29.3. The van der Waals surface area contributed by atoms with E-state index in [1.54, 1.807) is 30.3 Å². The lowest BCUT2D eigenvalue weighted by atomic mass is 9.97. The summed E-state index contributed by atoms with van der Waals surface area (Å²) in [6.07, 6.45) is -5.45. The molecule has 1 N–H and O–H groups in total. The first-order valence-corrected chi connectivity index (χ1v) is 17.0. The van der Waals surface area contributed by atoms with Gasteiger partial charge in [0.05, 0.1) is 12.2 Å². The van der Waals surface area contributed by atoms with Gasteiger partial charge in [-0.25, -0.2) is 4.79 Å². The normalized spacial score (nSPS) is 27.4. The van der Waals surface area contributed by atoms with Crippen molar-refractivity contribution in [2.45, 2.75) is 79.7 Å². The molecule has 218 valence electrons. The molecule has 8 nitrogen and oxygen atoms in total. The SMILES string of the molecule is CC(C)(C)[Si](C)(C)O[C@@H]1C(OC(=O)c2ccccc2)[C@H](OC(=N)C(Cl)(Cl)Cl)OC2COC(c3ccccc3)O[C@@H]21. The molecule has 12 heteroatoms. The van der Waals surface area contributed by atoms with Gasteiger partial charge < -0.3 is 28.1 Å². The summed E-state index contributed by atoms with van der Waals surface area (Å²) in [6.45, 7) is 10.6. The second-order valence-corrected chi connectivity index (χ2v) is 18.3. The van der Waals surface area contributed by atoms with Gasteiger partial charge in [-0.2, -0.15) is 0 Å². The first-order chi connectivity index (χ1) is 18.7. The van der Waals surface area contributed by atoms with E-state index >= 15 is 0 Å². The maximum atomic E-state index is 13.3. The van der Waals surface area contributed by atoms with Gasteiger partial charge in [-0.05, 0) is 30.3 Å². The number of halogens is 3. The summed E-state index contributed by atoms with van der Waals surface area (Å²) in [6, 6.07) is 18.0. The lowest BCUT2D eigenvalue weighted by Crippen LogP contribution is -2.66. The molecule has 3 unspecified atom stereocenters. The topological polar surface area (TPSA) is 96.3 Å². The number of hydrogen-bond acceptors (Lipinski definition) is 8. The molecule has 40 heavy (non-hydrogen) atoms. The quantitative estimate of drug-likeness (QED) is 0.123. The van der Waals surface area contributed by atoms with Gasteiger partial charge in [0.2, 0.25) is 12.2 Å². The van der Waals surface area contributed by atoms with Crippen molar-refractivity contribution in [2.75, 3.05) is 6.61 Å². The summed E-state index contributed by atoms with van der Waals surface area (Å²) in [4.78, 5) is 13.3. The Balaban J connectivity index is 1.74. The molecule has 0 saturated carbocycles. The lowest BCUT2D eigenvalue weighted by molar-refractivity contribution is -0.349. The van der Waals surface area contributed by atoms with Gasteiger partial charge in [0.15, 0.2) is 20.7 Å². The second-order valence-electron chi connectivity index (χ2n) is 11.2. The van der Waals surface area contributed by atoms with Crippen molar-refractivity contribution in [1.29, 1.82) is 5.41 Å². The molecule has 2 heterocycles. The Morgan fingerprint density at radius 3 is 2.10 bits per heavy atom. The van der Waals surface area contributed by atoms with Gasteiger partial charge in [-0.3, -0.25) is 5.41 Å². The standard InChI is InChI=1S/C28H34Cl3NO7Si/c1-27(2,3)40(4,5)39-21-20-19(16-34-24(37-20)18-14-10-7-11-15-18)35-25(38-26(32)28(29,30)31)22(21)36-23(33)17-12-8-6-9-13-17/h6-15,19-22,24-25,32H,16H2,1-5H3/t19?,20-,21-,22?,24?,25-/m0/s1. The molecule has 2 aromatic rings. The summed E-state index contributed by atoms with van der Waals surface area (Å²) in [5.41, 5.74) is 1.14. The van der Waals surface area contributed by atoms with Crippen molar-refractivity contribution in [3.8, 4) is 0 Å². The number of carbonyl (C=O) groups excluding carboxylic acids is 1. The third-order valence-electron chi connectivity index (χ3n) is 7.34. The second kappa shape index (κ2) is 12.3. The van der Waals surface area contributed by atoms with Crippen LogP contribution in [-0.4, -0.2) is 61.3 Å². The molecule has 0 amide bonds. The van der Waals surface area contributed by atoms with Gasteiger partial charge in [-0.1, -0.05) is 104 Å². The van der Waals surface area contributed by atoms with Gasteiger partial charge in [0, 0.05) is 5.56 Å². The maximum Gasteiger partial charge on any atom is 0.338 e. The minimum Gasteiger partial charge on any atom is -0.449 e. The van der Waals surface area contributed by atoms with E-state index in [1.165, 1.54) is 0 Å². The van der Waals surface area contributed by atoms with Crippen molar-refractivity contribution < 1.29 is 32.9 Å². The molecule has 0 aliphatic carbocycles. The molecule has 2 aliphatic rings. The zero-order valence-corrected chi connectivity index (χ0v) is 26.2. The molecule has 2 aliphatic heterocycles. The first kappa shape index (κ1) is 31.2. The predicted molar refractivity (Wildman–Crippen MR) is 155 cm³/mol. The molecule has 0 bridgehead atoms. The Kier molecular flexibility index (Phi) is 9.59. The van der Waals surface area contributed by atoms with E-state index in [-0.39, 0.29) is 11.6 Å². The highest BCUT2D eigenvalue weighted by molar-refractivity contribution is 6.76. The highest BCUT2D eigenvalue weighted by atomic mass is 35.6. The number of hydrogen-bond donors (Lipinski definition) is 1. The van der Waals surface area contributed by atoms with Crippen molar-refractivity contribution in [2.24, 2.45) is 0 Å². The highest BCUT2D eigenvalue weighted by Crippen LogP contribution is 2.43. The van der Waals surface area contributed by atoms with Gasteiger partial charge in [0.25, 0.3) is 3.79 Å². The van der Waals surface area contributed by atoms with E-state index in [9.17, 15) is 4.79 Å². The summed E-state index contributed by atoms with van der Waals surface area (Å²) < 4.78 is 35.1. The third kappa shape index (κ3) is 7.20. The van der Waals surface area contributed by atoms with E-state index in [1.807, 2.05) is 30.3 Å². The number of esters is 1. The zero-order valence-electron chi connectivity index (χ0n) is 22.9. The van der Waals surface area contributed by atoms with Gasteiger partial charge in [0.1, 0.15) is 18.3 Å². The number of rotatable bonds is 6. The highest BCUT2D eigenvalue weighted by Gasteiger charge is 2.56. The monoisotopic (exact) mass is 629 g/mol. The lowest BCUT2D eigenvalue weighted by Gasteiger charge is -2.51. The largest absolute Gasteiger partial charge is 0.449 e. The van der Waals surface area contributed by atoms with Crippen LogP contribution in [0.5, 0.6) is 0 Å². The predicted octanol–water partition coefficient (Wildman–Crippen LogP) is 6.81. The van der Waals surface area contributed by atoms with E-state index in [4.69, 9.17) is 68.3 Å². The van der Waals surface area contributed by atoms with Crippen LogP contribution in [0.2, 0.25) is 18.1 Å². The van der Waals surface area contributed by atoms with Crippen molar-refractivity contribution in [1.82, 2.24) is 0 Å². The summed E-state index contributed by atoms with van der Waals surface area (Å²) in [5, 5.41) is 8.01. The molecule has 6 atom stereocenters. The summed E-state index contributed by atoms with van der Waals surface area (Å²) in [7, 11) is -2.50. The third-order valence-corrected chi connectivity index (χ3v) is 12.3. The van der Waals surface area contributed by atoms with E-state index in [2.05, 4.69) is 33.9 Å². The maximum absolute atomic E-state index is 13.3. The average molecular weight is 631 g/mol. The Hall–Kier alpha value is -1.69. The van der Waals surface area contributed by atoms with Crippen LogP contribution in [0, 0.1) is 5.41 Å². The Morgan fingerprint density at radius 2 is 1.52 bits per heavy atom. The average Bonchev–Trinajstić information content (AvgIpc) is 2.90. The fourth-order valence-electron chi connectivity index (χ4n) is 4.15. The Morgan fingerprint density at radius 1 is 0.925 bits per heavy atom. The Labute approximate surface area is 250 Å². The number of carbonyl (C=O) groups is 1. The molecule has 2 saturated heterocycles. The van der Waals surface area contributed by atoms with Crippen molar-refractivity contribution in [3.05, 3.63) is 71.8 Å². The summed E-state index contributed by atoms with van der Waals surface area (Å²) >= 11 is 17.8. The van der Waals surface area contributed by atoms with E-state index < -0.39 is 61.0 Å². The van der Waals surface area contributed by atoms with Crippen LogP contribution in [0.4, 0.5) is 0 Å². The number of nitrogens with one attached hydrogen (secondary N) is 1. The van der Waals surface area contributed by atoms with Crippen LogP contribution in [-0.2, 0) is 28.1 Å². The minimum atomic E-state index is -2.50. The van der Waals surface area contributed by atoms with Crippen LogP contribution in [0.25, 0.3) is 0 Å². The van der Waals surface area contributed by atoms with Crippen LogP contribution in [0.1, 0.15) is 43.0 Å². The fourth-order valence-corrected chi connectivity index (χ4v) is 5.58. The van der Waals surface area contributed by atoms with E-state index in [0.717, 1.165) is 5.56 Å². The van der Waals surface area contributed by atoms with Gasteiger partial charge >= 0.3 is 5.97 Å². The Bertz CT molecular complexity index is 1170. The number of fused-ring (bicyclic) bond motifs is 1. The minimum absolute atomic E-state index is 0.127. The molecule has 0 aromatic heterocycles.